The van der Waals surface area contributed by atoms with Gasteiger partial charge in [0.15, 0.2) is 0 Å². The minimum Gasteiger partial charge on any atom is -0.458 e. The largest absolute Gasteiger partial charge is 0.458 e. The third-order valence-corrected chi connectivity index (χ3v) is 2.65. The van der Waals surface area contributed by atoms with E-state index in [4.69, 9.17) is 9.47 Å². The van der Waals surface area contributed by atoms with Crippen molar-refractivity contribution in [2.24, 2.45) is 0 Å². The Balaban J connectivity index is 2.03. The molecule has 2 aromatic rings. The molecule has 0 atom stereocenters. The Morgan fingerprint density at radius 1 is 0.800 bits per heavy atom. The fourth-order valence-electron chi connectivity index (χ4n) is 1.69. The molecule has 0 fully saturated rings. The molecular weight excluding hydrogens is 248 g/mol. The Kier molecular flexibility index (Phi) is 5.01. The maximum atomic E-state index is 5.73. The fraction of sp³-hybridized carbons (Fsp3) is 0.111. The van der Waals surface area contributed by atoms with E-state index in [2.05, 4.69) is 0 Å². The summed E-state index contributed by atoms with van der Waals surface area (Å²) < 4.78 is 11.5. The zero-order chi connectivity index (χ0) is 14.2. The Morgan fingerprint density at radius 3 is 2.00 bits per heavy atom. The quantitative estimate of drug-likeness (QED) is 0.537. The molecule has 2 aromatic carbocycles. The Hall–Kier alpha value is -2.48. The summed E-state index contributed by atoms with van der Waals surface area (Å²) in [6, 6.07) is 17.3. The van der Waals surface area contributed by atoms with Crippen LogP contribution >= 0.6 is 0 Å². The number of hydrogen-bond donors (Lipinski definition) is 0. The maximum Gasteiger partial charge on any atom is 0.127 e. The number of allylic oxidation sites excluding steroid dienone is 3. The second-order valence-electron chi connectivity index (χ2n) is 4.18. The molecule has 0 N–H and O–H groups in total. The number of rotatable bonds is 5. The van der Waals surface area contributed by atoms with Crippen LogP contribution in [0.15, 0.2) is 78.6 Å². The van der Waals surface area contributed by atoms with E-state index in [-0.39, 0.29) is 0 Å². The summed E-state index contributed by atoms with van der Waals surface area (Å²) in [6.45, 7) is 3.91. The van der Waals surface area contributed by atoms with Crippen molar-refractivity contribution in [1.29, 1.82) is 0 Å². The van der Waals surface area contributed by atoms with Crippen LogP contribution in [0.1, 0.15) is 13.8 Å². The van der Waals surface area contributed by atoms with Crippen LogP contribution in [0.25, 0.3) is 0 Å². The monoisotopic (exact) mass is 266 g/mol. The highest BCUT2D eigenvalue weighted by Crippen LogP contribution is 2.24. The van der Waals surface area contributed by atoms with Gasteiger partial charge in [0.05, 0.1) is 0 Å². The van der Waals surface area contributed by atoms with Crippen molar-refractivity contribution < 1.29 is 9.47 Å². The molecule has 2 nitrogen and oxygen atoms in total. The van der Waals surface area contributed by atoms with Gasteiger partial charge in [-0.05, 0) is 62.4 Å². The van der Waals surface area contributed by atoms with E-state index in [0.717, 1.165) is 23.0 Å². The first-order chi connectivity index (χ1) is 9.81. The van der Waals surface area contributed by atoms with Gasteiger partial charge in [-0.15, -0.1) is 0 Å². The normalized spacial score (nSPS) is 11.6. The van der Waals surface area contributed by atoms with Crippen LogP contribution in [0, 0.1) is 0 Å². The molecule has 0 aliphatic carbocycles. The molecule has 2 heteroatoms. The van der Waals surface area contributed by atoms with E-state index in [1.165, 1.54) is 0 Å². The number of para-hydroxylation sites is 1. The highest BCUT2D eigenvalue weighted by molar-refractivity contribution is 5.36. The first-order valence-electron chi connectivity index (χ1n) is 6.61. The van der Waals surface area contributed by atoms with Crippen LogP contribution in [0.5, 0.6) is 17.2 Å². The van der Waals surface area contributed by atoms with E-state index in [9.17, 15) is 0 Å². The molecule has 0 aromatic heterocycles. The summed E-state index contributed by atoms with van der Waals surface area (Å²) in [4.78, 5) is 0. The third kappa shape index (κ3) is 4.02. The van der Waals surface area contributed by atoms with Gasteiger partial charge in [-0.2, -0.15) is 0 Å². The average molecular weight is 266 g/mol. The van der Waals surface area contributed by atoms with Crippen molar-refractivity contribution in [2.75, 3.05) is 0 Å². The van der Waals surface area contributed by atoms with E-state index in [0.29, 0.717) is 0 Å². The zero-order valence-corrected chi connectivity index (χ0v) is 11.7. The molecule has 0 spiro atoms. The fourth-order valence-corrected chi connectivity index (χ4v) is 1.69. The van der Waals surface area contributed by atoms with Crippen molar-refractivity contribution in [3.63, 3.8) is 0 Å². The molecule has 0 amide bonds. The van der Waals surface area contributed by atoms with Crippen LogP contribution in [0.2, 0.25) is 0 Å². The molecule has 0 aliphatic rings. The lowest BCUT2D eigenvalue weighted by atomic mass is 10.3. The summed E-state index contributed by atoms with van der Waals surface area (Å²) in [5.41, 5.74) is 0. The minimum atomic E-state index is 0.789. The lowest BCUT2D eigenvalue weighted by Gasteiger charge is -2.08. The van der Waals surface area contributed by atoms with Gasteiger partial charge < -0.3 is 9.47 Å². The van der Waals surface area contributed by atoms with E-state index in [1.807, 2.05) is 86.7 Å². The molecule has 0 saturated heterocycles. The predicted molar refractivity (Wildman–Crippen MR) is 82.2 cm³/mol. The van der Waals surface area contributed by atoms with Crippen molar-refractivity contribution in [3.8, 4) is 17.2 Å². The van der Waals surface area contributed by atoms with E-state index in [1.54, 1.807) is 0 Å². The lowest BCUT2D eigenvalue weighted by Crippen LogP contribution is -1.91. The highest BCUT2D eigenvalue weighted by atomic mass is 16.5. The summed E-state index contributed by atoms with van der Waals surface area (Å²) in [5, 5.41) is 0. The second kappa shape index (κ2) is 7.19. The first kappa shape index (κ1) is 13.9. The number of benzene rings is 2. The number of ether oxygens (including phenoxy) is 2. The van der Waals surface area contributed by atoms with Crippen molar-refractivity contribution in [1.82, 2.24) is 0 Å². The molecule has 20 heavy (non-hydrogen) atoms. The summed E-state index contributed by atoms with van der Waals surface area (Å²) >= 11 is 0. The van der Waals surface area contributed by atoms with Crippen LogP contribution in [-0.4, -0.2) is 0 Å². The van der Waals surface area contributed by atoms with Gasteiger partial charge in [0.2, 0.25) is 0 Å². The van der Waals surface area contributed by atoms with Crippen LogP contribution in [-0.2, 0) is 0 Å². The molecule has 102 valence electrons. The topological polar surface area (TPSA) is 18.5 Å². The van der Waals surface area contributed by atoms with Crippen LogP contribution < -0.4 is 9.47 Å². The summed E-state index contributed by atoms with van der Waals surface area (Å²) in [5.74, 6) is 3.22. The van der Waals surface area contributed by atoms with Gasteiger partial charge in [-0.25, -0.2) is 0 Å². The Bertz CT molecular complexity index is 581. The van der Waals surface area contributed by atoms with Gasteiger partial charge in [-0.1, -0.05) is 24.3 Å². The Labute approximate surface area is 120 Å². The van der Waals surface area contributed by atoms with Gasteiger partial charge in [0.25, 0.3) is 0 Å². The first-order valence-corrected chi connectivity index (χ1v) is 6.61. The van der Waals surface area contributed by atoms with Crippen molar-refractivity contribution >= 4 is 0 Å². The van der Waals surface area contributed by atoms with Gasteiger partial charge in [-0.3, -0.25) is 0 Å². The van der Waals surface area contributed by atoms with Crippen molar-refractivity contribution in [3.05, 3.63) is 78.6 Å². The average Bonchev–Trinajstić information content (AvgIpc) is 2.50. The molecule has 0 aliphatic heterocycles. The van der Waals surface area contributed by atoms with Gasteiger partial charge in [0, 0.05) is 0 Å². The van der Waals surface area contributed by atoms with Gasteiger partial charge in [0.1, 0.15) is 23.0 Å². The van der Waals surface area contributed by atoms with Gasteiger partial charge >= 0.3 is 0 Å². The highest BCUT2D eigenvalue weighted by Gasteiger charge is 1.99. The summed E-state index contributed by atoms with van der Waals surface area (Å²) in [6.07, 6.45) is 5.80. The SMILES string of the molecule is C/C=C\C(=C/C)Oc1ccc(Oc2ccccc2)cc1. The van der Waals surface area contributed by atoms with Crippen LogP contribution in [0.3, 0.4) is 0 Å². The summed E-state index contributed by atoms with van der Waals surface area (Å²) in [7, 11) is 0. The molecule has 2 rings (SSSR count). The lowest BCUT2D eigenvalue weighted by molar-refractivity contribution is 0.439. The minimum absolute atomic E-state index is 0.789. The molecule has 0 heterocycles. The van der Waals surface area contributed by atoms with Crippen LogP contribution in [0.4, 0.5) is 0 Å². The predicted octanol–water partition coefficient (Wildman–Crippen LogP) is 5.34. The molecule has 0 unspecified atom stereocenters. The Morgan fingerprint density at radius 2 is 1.40 bits per heavy atom. The standard InChI is InChI=1S/C18H18O2/c1-3-8-15(4-2)19-17-11-13-18(14-12-17)20-16-9-6-5-7-10-16/h3-14H,1-2H3/b8-3-,15-4+. The second-order valence-corrected chi connectivity index (χ2v) is 4.18. The molecular formula is C18H18O2. The third-order valence-electron chi connectivity index (χ3n) is 2.65. The number of hydrogen-bond acceptors (Lipinski definition) is 2. The van der Waals surface area contributed by atoms with E-state index >= 15 is 0 Å². The van der Waals surface area contributed by atoms with E-state index < -0.39 is 0 Å². The zero-order valence-electron chi connectivity index (χ0n) is 11.7. The molecule has 0 bridgehead atoms. The smallest absolute Gasteiger partial charge is 0.127 e. The van der Waals surface area contributed by atoms with Crippen molar-refractivity contribution in [2.45, 2.75) is 13.8 Å². The molecule has 0 radical (unpaired) electrons. The molecule has 0 saturated carbocycles. The maximum absolute atomic E-state index is 5.73.